The lowest BCUT2D eigenvalue weighted by molar-refractivity contribution is 0.0695. The van der Waals surface area contributed by atoms with Crippen molar-refractivity contribution in [2.75, 3.05) is 13.1 Å². The Kier molecular flexibility index (Phi) is 5.96. The van der Waals surface area contributed by atoms with Crippen LogP contribution in [0.25, 0.3) is 5.57 Å². The largest absolute Gasteiger partial charge is 0.339 e. The second-order valence-electron chi connectivity index (χ2n) is 6.39. The molecule has 1 aromatic carbocycles. The molecular formula is C21H22FN3O2. The van der Waals surface area contributed by atoms with Crippen LogP contribution < -0.4 is 0 Å². The minimum atomic E-state index is -0.355. The second-order valence-corrected chi connectivity index (χ2v) is 6.39. The first kappa shape index (κ1) is 18.8. The topological polar surface area (TPSA) is 59.2 Å². The van der Waals surface area contributed by atoms with Crippen molar-refractivity contribution < 1.29 is 13.7 Å². The van der Waals surface area contributed by atoms with Crippen molar-refractivity contribution in [2.45, 2.75) is 25.7 Å². The van der Waals surface area contributed by atoms with Crippen LogP contribution in [-0.4, -0.2) is 34.0 Å². The molecule has 1 aliphatic heterocycles. The highest BCUT2D eigenvalue weighted by Gasteiger charge is 2.29. The number of amides is 1. The van der Waals surface area contributed by atoms with Crippen LogP contribution in [-0.2, 0) is 0 Å². The fraction of sp³-hybridized carbons (Fsp3) is 0.286. The van der Waals surface area contributed by atoms with Crippen molar-refractivity contribution in [2.24, 2.45) is 0 Å². The van der Waals surface area contributed by atoms with Gasteiger partial charge < -0.3 is 9.42 Å². The van der Waals surface area contributed by atoms with Gasteiger partial charge in [-0.25, -0.2) is 4.39 Å². The normalized spacial score (nSPS) is 18.1. The molecule has 5 nitrogen and oxygen atoms in total. The summed E-state index contributed by atoms with van der Waals surface area (Å²) in [5.74, 6) is 0.584. The predicted molar refractivity (Wildman–Crippen MR) is 102 cm³/mol. The number of piperidine rings is 1. The Labute approximate surface area is 157 Å². The lowest BCUT2D eigenvalue weighted by Crippen LogP contribution is -2.39. The summed E-state index contributed by atoms with van der Waals surface area (Å²) in [6.45, 7) is 6.73. The Morgan fingerprint density at radius 2 is 2.15 bits per heavy atom. The van der Waals surface area contributed by atoms with Gasteiger partial charge in [-0.1, -0.05) is 36.0 Å². The van der Waals surface area contributed by atoms with Gasteiger partial charge in [0.05, 0.1) is 5.92 Å². The van der Waals surface area contributed by atoms with Crippen LogP contribution in [0, 0.1) is 5.82 Å². The lowest BCUT2D eigenvalue weighted by Gasteiger charge is -2.31. The van der Waals surface area contributed by atoms with Gasteiger partial charge in [0, 0.05) is 24.2 Å². The standard InChI is InChI=1S/C21H22FN3O2/c1-3-5-7-15(4-2)19-23-20(27-24-19)17-8-6-13-25(14-17)21(26)16-9-11-18(22)12-10-16/h3-5,7,9-12,17H,1,6,8,13-14H2,2H3/b7-5-,15-4?. The maximum Gasteiger partial charge on any atom is 0.253 e. The number of halogens is 1. The molecular weight excluding hydrogens is 345 g/mol. The molecule has 27 heavy (non-hydrogen) atoms. The summed E-state index contributed by atoms with van der Waals surface area (Å²) >= 11 is 0. The lowest BCUT2D eigenvalue weighted by atomic mass is 9.97. The number of likely N-dealkylation sites (tertiary alicyclic amines) is 1. The van der Waals surface area contributed by atoms with Gasteiger partial charge in [0.15, 0.2) is 0 Å². The van der Waals surface area contributed by atoms with Gasteiger partial charge in [0.25, 0.3) is 5.91 Å². The van der Waals surface area contributed by atoms with Crippen LogP contribution in [0.4, 0.5) is 4.39 Å². The van der Waals surface area contributed by atoms with Gasteiger partial charge in [0.2, 0.25) is 11.7 Å². The molecule has 0 saturated carbocycles. The Bertz CT molecular complexity index is 868. The van der Waals surface area contributed by atoms with Crippen molar-refractivity contribution >= 4 is 11.5 Å². The first-order chi connectivity index (χ1) is 13.1. The summed E-state index contributed by atoms with van der Waals surface area (Å²) in [4.78, 5) is 19.0. The minimum absolute atomic E-state index is 0.00844. The van der Waals surface area contributed by atoms with Crippen LogP contribution in [0.15, 0.2) is 59.7 Å². The highest BCUT2D eigenvalue weighted by atomic mass is 19.1. The molecule has 1 unspecified atom stereocenters. The maximum absolute atomic E-state index is 13.1. The van der Waals surface area contributed by atoms with E-state index in [2.05, 4.69) is 16.7 Å². The number of hydrogen-bond acceptors (Lipinski definition) is 4. The molecule has 2 heterocycles. The number of nitrogens with zero attached hydrogens (tertiary/aromatic N) is 3. The number of benzene rings is 1. The molecule has 0 spiro atoms. The highest BCUT2D eigenvalue weighted by molar-refractivity contribution is 5.94. The minimum Gasteiger partial charge on any atom is -0.339 e. The van der Waals surface area contributed by atoms with E-state index in [1.807, 2.05) is 25.2 Å². The zero-order valence-electron chi connectivity index (χ0n) is 15.3. The monoisotopic (exact) mass is 367 g/mol. The zero-order valence-corrected chi connectivity index (χ0v) is 15.3. The molecule has 1 aromatic heterocycles. The quantitative estimate of drug-likeness (QED) is 0.736. The SMILES string of the molecule is C=C/C=C\C(=CC)c1noc(C2CCCN(C(=O)c3ccc(F)cc3)C2)n1. The average Bonchev–Trinajstić information content (AvgIpc) is 3.19. The third-order valence-corrected chi connectivity index (χ3v) is 4.57. The molecule has 6 heteroatoms. The van der Waals surface area contributed by atoms with Gasteiger partial charge in [-0.05, 0) is 44.0 Å². The summed E-state index contributed by atoms with van der Waals surface area (Å²) < 4.78 is 18.5. The van der Waals surface area contributed by atoms with Crippen LogP contribution in [0.2, 0.25) is 0 Å². The number of hydrogen-bond donors (Lipinski definition) is 0. The van der Waals surface area contributed by atoms with E-state index in [1.165, 1.54) is 24.3 Å². The molecule has 0 radical (unpaired) electrons. The predicted octanol–water partition coefficient (Wildman–Crippen LogP) is 4.37. The number of rotatable bonds is 5. The fourth-order valence-electron chi connectivity index (χ4n) is 3.13. The Balaban J connectivity index is 1.73. The highest BCUT2D eigenvalue weighted by Crippen LogP contribution is 2.27. The molecule has 0 N–H and O–H groups in total. The Morgan fingerprint density at radius 1 is 1.37 bits per heavy atom. The van der Waals surface area contributed by atoms with Crippen LogP contribution in [0.5, 0.6) is 0 Å². The van der Waals surface area contributed by atoms with Gasteiger partial charge in [-0.3, -0.25) is 4.79 Å². The van der Waals surface area contributed by atoms with E-state index < -0.39 is 0 Å². The van der Waals surface area contributed by atoms with E-state index in [-0.39, 0.29) is 17.6 Å². The smallest absolute Gasteiger partial charge is 0.253 e. The van der Waals surface area contributed by atoms with Crippen molar-refractivity contribution in [3.05, 3.63) is 78.2 Å². The van der Waals surface area contributed by atoms with E-state index in [0.717, 1.165) is 18.4 Å². The average molecular weight is 367 g/mol. The first-order valence-corrected chi connectivity index (χ1v) is 8.96. The van der Waals surface area contributed by atoms with Crippen molar-refractivity contribution in [1.82, 2.24) is 15.0 Å². The summed E-state index contributed by atoms with van der Waals surface area (Å²) in [6.07, 6.45) is 9.00. The molecule has 2 aromatic rings. The van der Waals surface area contributed by atoms with Crippen LogP contribution in [0.3, 0.4) is 0 Å². The van der Waals surface area contributed by atoms with Gasteiger partial charge in [-0.15, -0.1) is 0 Å². The number of allylic oxidation sites excluding steroid dienone is 5. The van der Waals surface area contributed by atoms with Gasteiger partial charge in [0.1, 0.15) is 5.82 Å². The summed E-state index contributed by atoms with van der Waals surface area (Å²) in [5, 5.41) is 4.07. The molecule has 3 rings (SSSR count). The molecule has 1 amide bonds. The van der Waals surface area contributed by atoms with E-state index >= 15 is 0 Å². The fourth-order valence-corrected chi connectivity index (χ4v) is 3.13. The zero-order chi connectivity index (χ0) is 19.2. The Hall–Kier alpha value is -3.02. The van der Waals surface area contributed by atoms with Gasteiger partial charge >= 0.3 is 0 Å². The van der Waals surface area contributed by atoms with Crippen LogP contribution >= 0.6 is 0 Å². The Morgan fingerprint density at radius 3 is 2.85 bits per heavy atom. The number of carbonyl (C=O) groups is 1. The van der Waals surface area contributed by atoms with E-state index in [9.17, 15) is 9.18 Å². The molecule has 0 aliphatic carbocycles. The van der Waals surface area contributed by atoms with Crippen LogP contribution in [0.1, 0.15) is 47.8 Å². The second kappa shape index (κ2) is 8.58. The van der Waals surface area contributed by atoms with E-state index in [1.54, 1.807) is 11.0 Å². The van der Waals surface area contributed by atoms with Gasteiger partial charge in [-0.2, -0.15) is 4.98 Å². The third-order valence-electron chi connectivity index (χ3n) is 4.57. The molecule has 1 atom stereocenters. The summed E-state index contributed by atoms with van der Waals surface area (Å²) in [6, 6.07) is 5.62. The molecule has 140 valence electrons. The van der Waals surface area contributed by atoms with Crippen molar-refractivity contribution in [3.63, 3.8) is 0 Å². The van der Waals surface area contributed by atoms with E-state index in [4.69, 9.17) is 4.52 Å². The summed E-state index contributed by atoms with van der Waals surface area (Å²) in [7, 11) is 0. The summed E-state index contributed by atoms with van der Waals surface area (Å²) in [5.41, 5.74) is 1.33. The molecule has 1 fully saturated rings. The number of carbonyl (C=O) groups excluding carboxylic acids is 1. The number of aromatic nitrogens is 2. The third kappa shape index (κ3) is 4.39. The van der Waals surface area contributed by atoms with Crippen molar-refractivity contribution in [1.29, 1.82) is 0 Å². The molecule has 1 aliphatic rings. The maximum atomic E-state index is 13.1. The van der Waals surface area contributed by atoms with Crippen molar-refractivity contribution in [3.8, 4) is 0 Å². The van der Waals surface area contributed by atoms with E-state index in [0.29, 0.717) is 30.4 Å². The first-order valence-electron chi connectivity index (χ1n) is 8.96. The molecule has 0 bridgehead atoms. The molecule has 1 saturated heterocycles.